The smallest absolute Gasteiger partial charge is 0.329 e. The summed E-state index contributed by atoms with van der Waals surface area (Å²) in [5.74, 6) is -0.391. The Balaban J connectivity index is 2.51. The molecule has 2 amide bonds. The van der Waals surface area contributed by atoms with Crippen LogP contribution in [0.4, 0.5) is 4.79 Å². The number of carboxylic acids is 1. The first kappa shape index (κ1) is 14.8. The van der Waals surface area contributed by atoms with Gasteiger partial charge in [0.05, 0.1) is 0 Å². The lowest BCUT2D eigenvalue weighted by atomic mass is 9.85. The minimum absolute atomic E-state index is 0.291. The van der Waals surface area contributed by atoms with Crippen molar-refractivity contribution in [2.24, 2.45) is 5.92 Å². The fraction of sp³-hybridized carbons (Fsp3) is 0.846. The Morgan fingerprint density at radius 3 is 2.44 bits per heavy atom. The molecule has 1 unspecified atom stereocenters. The summed E-state index contributed by atoms with van der Waals surface area (Å²) in [5.41, 5.74) is -1.17. The Morgan fingerprint density at radius 1 is 1.44 bits per heavy atom. The van der Waals surface area contributed by atoms with Crippen LogP contribution >= 0.6 is 0 Å². The van der Waals surface area contributed by atoms with Gasteiger partial charge in [0.25, 0.3) is 0 Å². The lowest BCUT2D eigenvalue weighted by molar-refractivity contribution is -0.144. The van der Waals surface area contributed by atoms with E-state index < -0.39 is 11.5 Å². The van der Waals surface area contributed by atoms with Gasteiger partial charge in [0, 0.05) is 13.6 Å². The van der Waals surface area contributed by atoms with Gasteiger partial charge in [-0.05, 0) is 32.1 Å². The highest BCUT2D eigenvalue weighted by Gasteiger charge is 2.35. The van der Waals surface area contributed by atoms with Crippen LogP contribution in [0.25, 0.3) is 0 Å². The number of nitrogens with zero attached hydrogens (tertiary/aromatic N) is 1. The van der Waals surface area contributed by atoms with E-state index >= 15 is 0 Å². The first-order valence-electron chi connectivity index (χ1n) is 6.65. The van der Waals surface area contributed by atoms with E-state index in [-0.39, 0.29) is 6.03 Å². The number of rotatable bonds is 6. The van der Waals surface area contributed by atoms with E-state index in [1.54, 1.807) is 18.9 Å². The summed E-state index contributed by atoms with van der Waals surface area (Å²) in [4.78, 5) is 24.8. The SMILES string of the molecule is CCCC(C)(NC(=O)N(C)CC1CCC1)C(=O)O. The second-order valence-corrected chi connectivity index (χ2v) is 5.49. The van der Waals surface area contributed by atoms with Crippen LogP contribution in [-0.2, 0) is 4.79 Å². The molecule has 1 rings (SSSR count). The van der Waals surface area contributed by atoms with Gasteiger partial charge in [-0.1, -0.05) is 19.8 Å². The molecular weight excluding hydrogens is 232 g/mol. The molecule has 5 nitrogen and oxygen atoms in total. The number of hydrogen-bond donors (Lipinski definition) is 2. The molecule has 1 fully saturated rings. The van der Waals surface area contributed by atoms with Crippen molar-refractivity contribution in [3.05, 3.63) is 0 Å². The second kappa shape index (κ2) is 6.07. The van der Waals surface area contributed by atoms with Crippen LogP contribution < -0.4 is 5.32 Å². The van der Waals surface area contributed by atoms with Gasteiger partial charge in [-0.15, -0.1) is 0 Å². The molecule has 1 atom stereocenters. The van der Waals surface area contributed by atoms with Gasteiger partial charge in [-0.2, -0.15) is 0 Å². The fourth-order valence-corrected chi connectivity index (χ4v) is 2.20. The van der Waals surface area contributed by atoms with E-state index in [1.807, 2.05) is 6.92 Å². The number of hydrogen-bond acceptors (Lipinski definition) is 2. The third kappa shape index (κ3) is 3.62. The maximum atomic E-state index is 12.0. The Labute approximate surface area is 109 Å². The van der Waals surface area contributed by atoms with Crippen LogP contribution in [-0.4, -0.2) is 41.1 Å². The zero-order valence-corrected chi connectivity index (χ0v) is 11.5. The van der Waals surface area contributed by atoms with Crippen LogP contribution in [0.1, 0.15) is 46.0 Å². The minimum Gasteiger partial charge on any atom is -0.480 e. The minimum atomic E-state index is -1.17. The Bertz CT molecular complexity index is 315. The number of carboxylic acid groups (broad SMARTS) is 1. The van der Waals surface area contributed by atoms with E-state index in [0.717, 1.165) is 6.42 Å². The lowest BCUT2D eigenvalue weighted by Gasteiger charge is -2.33. The molecule has 1 aliphatic rings. The molecule has 2 N–H and O–H groups in total. The Morgan fingerprint density at radius 2 is 2.06 bits per heavy atom. The highest BCUT2D eigenvalue weighted by molar-refractivity contribution is 5.85. The van der Waals surface area contributed by atoms with Crippen molar-refractivity contribution in [3.63, 3.8) is 0 Å². The second-order valence-electron chi connectivity index (χ2n) is 5.49. The van der Waals surface area contributed by atoms with E-state index in [2.05, 4.69) is 5.32 Å². The van der Waals surface area contributed by atoms with Gasteiger partial charge in [0.1, 0.15) is 5.54 Å². The van der Waals surface area contributed by atoms with Gasteiger partial charge in [-0.3, -0.25) is 0 Å². The molecule has 0 aromatic rings. The van der Waals surface area contributed by atoms with Crippen molar-refractivity contribution >= 4 is 12.0 Å². The highest BCUT2D eigenvalue weighted by Crippen LogP contribution is 2.26. The third-order valence-corrected chi connectivity index (χ3v) is 3.71. The number of aliphatic carboxylic acids is 1. The molecule has 0 aromatic carbocycles. The van der Waals surface area contributed by atoms with Crippen LogP contribution in [0.15, 0.2) is 0 Å². The van der Waals surface area contributed by atoms with Crippen LogP contribution in [0.3, 0.4) is 0 Å². The van der Waals surface area contributed by atoms with Crippen molar-refractivity contribution in [1.29, 1.82) is 0 Å². The Kier molecular flexibility index (Phi) is 4.99. The van der Waals surface area contributed by atoms with E-state index in [4.69, 9.17) is 0 Å². The van der Waals surface area contributed by atoms with Gasteiger partial charge < -0.3 is 15.3 Å². The predicted molar refractivity (Wildman–Crippen MR) is 69.5 cm³/mol. The van der Waals surface area contributed by atoms with Crippen molar-refractivity contribution < 1.29 is 14.7 Å². The fourth-order valence-electron chi connectivity index (χ4n) is 2.20. The van der Waals surface area contributed by atoms with E-state index in [0.29, 0.717) is 18.9 Å². The number of nitrogens with one attached hydrogen (secondary N) is 1. The summed E-state index contributed by atoms with van der Waals surface area (Å²) in [6.07, 6.45) is 4.73. The largest absolute Gasteiger partial charge is 0.480 e. The molecule has 0 saturated heterocycles. The van der Waals surface area contributed by atoms with Crippen molar-refractivity contribution in [2.75, 3.05) is 13.6 Å². The Hall–Kier alpha value is -1.26. The molecule has 1 saturated carbocycles. The van der Waals surface area contributed by atoms with Crippen molar-refractivity contribution in [2.45, 2.75) is 51.5 Å². The molecule has 0 radical (unpaired) electrons. The third-order valence-electron chi connectivity index (χ3n) is 3.71. The van der Waals surface area contributed by atoms with Crippen LogP contribution in [0, 0.1) is 5.92 Å². The first-order chi connectivity index (χ1) is 8.39. The number of carbonyl (C=O) groups is 2. The quantitative estimate of drug-likeness (QED) is 0.764. The summed E-state index contributed by atoms with van der Waals surface area (Å²) < 4.78 is 0. The molecule has 0 aromatic heterocycles. The molecule has 5 heteroatoms. The molecule has 104 valence electrons. The molecule has 0 aliphatic heterocycles. The number of carbonyl (C=O) groups excluding carboxylic acids is 1. The summed E-state index contributed by atoms with van der Waals surface area (Å²) in [5, 5.41) is 11.8. The molecule has 1 aliphatic carbocycles. The number of amides is 2. The van der Waals surface area contributed by atoms with Crippen LogP contribution in [0.5, 0.6) is 0 Å². The maximum Gasteiger partial charge on any atom is 0.329 e. The summed E-state index contributed by atoms with van der Waals surface area (Å²) in [7, 11) is 1.72. The van der Waals surface area contributed by atoms with Gasteiger partial charge in [-0.25, -0.2) is 9.59 Å². The zero-order valence-electron chi connectivity index (χ0n) is 11.5. The van der Waals surface area contributed by atoms with Gasteiger partial charge in [0.15, 0.2) is 0 Å². The van der Waals surface area contributed by atoms with Crippen molar-refractivity contribution in [1.82, 2.24) is 10.2 Å². The standard InChI is InChI=1S/C13H24N2O3/c1-4-8-13(2,11(16)17)14-12(18)15(3)9-10-6-5-7-10/h10H,4-9H2,1-3H3,(H,14,18)(H,16,17). The monoisotopic (exact) mass is 256 g/mol. The normalized spacial score (nSPS) is 18.6. The van der Waals surface area contributed by atoms with E-state index in [9.17, 15) is 14.7 Å². The summed E-state index contributed by atoms with van der Waals surface area (Å²) in [6.45, 7) is 4.19. The predicted octanol–water partition coefficient (Wildman–Crippen LogP) is 2.07. The highest BCUT2D eigenvalue weighted by atomic mass is 16.4. The van der Waals surface area contributed by atoms with Gasteiger partial charge in [0.2, 0.25) is 0 Å². The molecule has 0 spiro atoms. The zero-order chi connectivity index (χ0) is 13.8. The first-order valence-corrected chi connectivity index (χ1v) is 6.65. The molecular formula is C13H24N2O3. The summed E-state index contributed by atoms with van der Waals surface area (Å²) >= 11 is 0. The average molecular weight is 256 g/mol. The van der Waals surface area contributed by atoms with E-state index in [1.165, 1.54) is 19.3 Å². The summed E-state index contributed by atoms with van der Waals surface area (Å²) in [6, 6.07) is -0.291. The number of urea groups is 1. The van der Waals surface area contributed by atoms with Gasteiger partial charge >= 0.3 is 12.0 Å². The maximum absolute atomic E-state index is 12.0. The topological polar surface area (TPSA) is 69.6 Å². The molecule has 0 bridgehead atoms. The lowest BCUT2D eigenvalue weighted by Crippen LogP contribution is -2.56. The van der Waals surface area contributed by atoms with Crippen molar-refractivity contribution in [3.8, 4) is 0 Å². The molecule has 18 heavy (non-hydrogen) atoms. The van der Waals surface area contributed by atoms with Crippen LogP contribution in [0.2, 0.25) is 0 Å². The molecule has 0 heterocycles. The average Bonchev–Trinajstić information content (AvgIpc) is 2.23.